The molecule has 1 atom stereocenters. The van der Waals surface area contributed by atoms with Gasteiger partial charge in [0.15, 0.2) is 0 Å². The van der Waals surface area contributed by atoms with Crippen LogP contribution in [0.5, 0.6) is 11.5 Å². The van der Waals surface area contributed by atoms with Gasteiger partial charge in [-0.15, -0.1) is 0 Å². The van der Waals surface area contributed by atoms with Crippen molar-refractivity contribution in [2.24, 2.45) is 0 Å². The summed E-state index contributed by atoms with van der Waals surface area (Å²) in [5.41, 5.74) is 0.728. The lowest BCUT2D eigenvalue weighted by molar-refractivity contribution is -0.139. The molecule has 32 heavy (non-hydrogen) atoms. The van der Waals surface area contributed by atoms with Crippen LogP contribution in [0, 0.1) is 5.82 Å². The zero-order valence-electron chi connectivity index (χ0n) is 18.6. The van der Waals surface area contributed by atoms with Crippen LogP contribution in [0.3, 0.4) is 0 Å². The molecule has 1 amide bonds. The number of rotatable bonds is 8. The molecule has 0 bridgehead atoms. The molecule has 2 aromatic carbocycles. The molecule has 1 aliphatic rings. The van der Waals surface area contributed by atoms with Crippen molar-refractivity contribution in [1.82, 2.24) is 9.80 Å². The summed E-state index contributed by atoms with van der Waals surface area (Å²) < 4.78 is 24.1. The highest BCUT2D eigenvalue weighted by Gasteiger charge is 2.46. The highest BCUT2D eigenvalue weighted by atomic mass is 19.1. The van der Waals surface area contributed by atoms with Gasteiger partial charge in [0, 0.05) is 12.6 Å². The van der Waals surface area contributed by atoms with Crippen LogP contribution in [0.1, 0.15) is 23.6 Å². The Labute approximate surface area is 186 Å². The summed E-state index contributed by atoms with van der Waals surface area (Å²) >= 11 is 0. The smallest absolute Gasteiger partial charge is 0.295 e. The molecular formula is C24H27FN2O5. The molecule has 1 fully saturated rings. The molecule has 1 saturated heterocycles. The zero-order chi connectivity index (χ0) is 23.4. The minimum Gasteiger partial charge on any atom is -0.507 e. The molecule has 0 saturated carbocycles. The molecule has 0 spiro atoms. The van der Waals surface area contributed by atoms with Crippen molar-refractivity contribution in [3.05, 3.63) is 65.0 Å². The Morgan fingerprint density at radius 1 is 1.09 bits per heavy atom. The number of benzene rings is 2. The van der Waals surface area contributed by atoms with E-state index < -0.39 is 23.5 Å². The van der Waals surface area contributed by atoms with Gasteiger partial charge in [-0.1, -0.05) is 12.1 Å². The number of methoxy groups -OCH3 is 2. The third kappa shape index (κ3) is 4.60. The normalized spacial score (nSPS) is 17.8. The van der Waals surface area contributed by atoms with Crippen molar-refractivity contribution in [3.8, 4) is 11.5 Å². The van der Waals surface area contributed by atoms with E-state index in [1.54, 1.807) is 18.2 Å². The number of aliphatic hydroxyl groups excluding tert-OH is 1. The third-order valence-corrected chi connectivity index (χ3v) is 5.39. The quantitative estimate of drug-likeness (QED) is 0.384. The minimum atomic E-state index is -0.843. The van der Waals surface area contributed by atoms with Crippen LogP contribution in [0.15, 0.2) is 48.0 Å². The number of hydrogen-bond acceptors (Lipinski definition) is 6. The summed E-state index contributed by atoms with van der Waals surface area (Å²) in [6.45, 7) is 1.02. The first-order valence-electron chi connectivity index (χ1n) is 10.2. The molecule has 3 rings (SSSR count). The summed E-state index contributed by atoms with van der Waals surface area (Å²) in [5, 5.41) is 11.2. The van der Waals surface area contributed by atoms with Crippen LogP contribution >= 0.6 is 0 Å². The second-order valence-electron chi connectivity index (χ2n) is 7.77. The predicted octanol–water partition coefficient (Wildman–Crippen LogP) is 3.22. The first-order chi connectivity index (χ1) is 15.3. The van der Waals surface area contributed by atoms with Crippen LogP contribution in [-0.2, 0) is 9.59 Å². The molecular weight excluding hydrogens is 415 g/mol. The number of nitrogens with zero attached hydrogens (tertiary/aromatic N) is 2. The van der Waals surface area contributed by atoms with Crippen molar-refractivity contribution in [2.45, 2.75) is 12.5 Å². The van der Waals surface area contributed by atoms with Crippen molar-refractivity contribution < 1.29 is 28.6 Å². The summed E-state index contributed by atoms with van der Waals surface area (Å²) in [5.74, 6) is -1.48. The Kier molecular flexibility index (Phi) is 7.15. The number of aliphatic hydroxyl groups is 1. The standard InChI is InChI=1S/C24H27FN2O5/c1-26(2)12-5-13-27-21(15-6-8-16(25)9-7-15)20(23(29)24(27)30)22(28)18-11-10-17(31-3)14-19(18)32-4/h6-11,14,21,28H,5,12-13H2,1-4H3/t21-/m0/s1. The van der Waals surface area contributed by atoms with E-state index >= 15 is 0 Å². The van der Waals surface area contributed by atoms with E-state index in [1.807, 2.05) is 19.0 Å². The van der Waals surface area contributed by atoms with E-state index in [2.05, 4.69) is 0 Å². The molecule has 2 aromatic rings. The number of Topliss-reactive ketones (excluding diaryl/α,β-unsaturated/α-hetero) is 1. The van der Waals surface area contributed by atoms with Crippen LogP contribution in [-0.4, -0.2) is 68.0 Å². The van der Waals surface area contributed by atoms with E-state index in [4.69, 9.17) is 9.47 Å². The maximum Gasteiger partial charge on any atom is 0.295 e. The van der Waals surface area contributed by atoms with Crippen molar-refractivity contribution in [1.29, 1.82) is 0 Å². The average Bonchev–Trinajstić information content (AvgIpc) is 3.03. The zero-order valence-corrected chi connectivity index (χ0v) is 18.6. The van der Waals surface area contributed by atoms with E-state index in [1.165, 1.54) is 43.4 Å². The number of hydrogen-bond donors (Lipinski definition) is 1. The van der Waals surface area contributed by atoms with Gasteiger partial charge in [0.2, 0.25) is 0 Å². The maximum atomic E-state index is 13.6. The van der Waals surface area contributed by atoms with Crippen LogP contribution in [0.2, 0.25) is 0 Å². The maximum absolute atomic E-state index is 13.6. The number of likely N-dealkylation sites (tertiary alicyclic amines) is 1. The van der Waals surface area contributed by atoms with E-state index in [0.717, 1.165) is 0 Å². The fourth-order valence-electron chi connectivity index (χ4n) is 3.80. The number of halogens is 1. The number of ketones is 1. The number of carbonyl (C=O) groups is 2. The summed E-state index contributed by atoms with van der Waals surface area (Å²) in [4.78, 5) is 29.4. The molecule has 1 aliphatic heterocycles. The van der Waals surface area contributed by atoms with Crippen molar-refractivity contribution >= 4 is 17.4 Å². The summed E-state index contributed by atoms with van der Waals surface area (Å²) in [6, 6.07) is 9.49. The van der Waals surface area contributed by atoms with Gasteiger partial charge in [0.25, 0.3) is 11.7 Å². The lowest BCUT2D eigenvalue weighted by Gasteiger charge is -2.26. The summed E-state index contributed by atoms with van der Waals surface area (Å²) in [6.07, 6.45) is 0.629. The van der Waals surface area contributed by atoms with Crippen LogP contribution < -0.4 is 9.47 Å². The van der Waals surface area contributed by atoms with Crippen LogP contribution in [0.4, 0.5) is 4.39 Å². The topological polar surface area (TPSA) is 79.3 Å². The van der Waals surface area contributed by atoms with Gasteiger partial charge in [0.1, 0.15) is 23.1 Å². The molecule has 7 nitrogen and oxygen atoms in total. The highest BCUT2D eigenvalue weighted by molar-refractivity contribution is 6.46. The molecule has 1 N–H and O–H groups in total. The average molecular weight is 442 g/mol. The van der Waals surface area contributed by atoms with Gasteiger partial charge in [-0.2, -0.15) is 0 Å². The lowest BCUT2D eigenvalue weighted by Crippen LogP contribution is -2.32. The molecule has 0 radical (unpaired) electrons. The SMILES string of the molecule is COc1ccc(C(O)=C2C(=O)C(=O)N(CCCN(C)C)[C@H]2c2ccc(F)cc2)c(OC)c1. The third-order valence-electron chi connectivity index (χ3n) is 5.39. The Balaban J connectivity index is 2.13. The van der Waals surface area contributed by atoms with Gasteiger partial charge in [0.05, 0.1) is 31.4 Å². The van der Waals surface area contributed by atoms with Gasteiger partial charge >= 0.3 is 0 Å². The summed E-state index contributed by atoms with van der Waals surface area (Å²) in [7, 11) is 6.77. The highest BCUT2D eigenvalue weighted by Crippen LogP contribution is 2.41. The Hall–Kier alpha value is -3.39. The van der Waals surface area contributed by atoms with E-state index in [0.29, 0.717) is 36.6 Å². The lowest BCUT2D eigenvalue weighted by atomic mass is 9.95. The molecule has 0 unspecified atom stereocenters. The number of carbonyl (C=O) groups excluding carboxylic acids is 2. The van der Waals surface area contributed by atoms with Crippen LogP contribution in [0.25, 0.3) is 5.76 Å². The van der Waals surface area contributed by atoms with E-state index in [9.17, 15) is 19.1 Å². The van der Waals surface area contributed by atoms with Crippen molar-refractivity contribution in [3.63, 3.8) is 0 Å². The largest absolute Gasteiger partial charge is 0.507 e. The second-order valence-corrected chi connectivity index (χ2v) is 7.77. The molecule has 1 heterocycles. The number of amides is 1. The first kappa shape index (κ1) is 23.3. The van der Waals surface area contributed by atoms with Gasteiger partial charge in [-0.3, -0.25) is 9.59 Å². The Morgan fingerprint density at radius 2 is 1.78 bits per heavy atom. The van der Waals surface area contributed by atoms with Gasteiger partial charge in [-0.25, -0.2) is 4.39 Å². The minimum absolute atomic E-state index is 0.0603. The number of ether oxygens (including phenoxy) is 2. The fourth-order valence-corrected chi connectivity index (χ4v) is 3.80. The fraction of sp³-hybridized carbons (Fsp3) is 0.333. The second kappa shape index (κ2) is 9.82. The molecule has 0 aliphatic carbocycles. The van der Waals surface area contributed by atoms with Gasteiger partial charge in [-0.05, 0) is 56.9 Å². The molecule has 170 valence electrons. The first-order valence-corrected chi connectivity index (χ1v) is 10.2. The Bertz CT molecular complexity index is 1030. The molecule has 8 heteroatoms. The monoisotopic (exact) mass is 442 g/mol. The van der Waals surface area contributed by atoms with E-state index in [-0.39, 0.29) is 16.9 Å². The predicted molar refractivity (Wildman–Crippen MR) is 118 cm³/mol. The Morgan fingerprint density at radius 3 is 2.38 bits per heavy atom. The van der Waals surface area contributed by atoms with Crippen molar-refractivity contribution in [2.75, 3.05) is 41.4 Å². The van der Waals surface area contributed by atoms with Gasteiger partial charge < -0.3 is 24.4 Å². The molecule has 0 aromatic heterocycles.